The summed E-state index contributed by atoms with van der Waals surface area (Å²) >= 11 is 0. The van der Waals surface area contributed by atoms with E-state index in [-0.39, 0.29) is 11.8 Å². The van der Waals surface area contributed by atoms with E-state index in [0.717, 1.165) is 16.8 Å². The molecule has 2 saturated heterocycles. The van der Waals surface area contributed by atoms with Gasteiger partial charge in [-0.2, -0.15) is 0 Å². The average molecular weight is 410 g/mol. The molecule has 3 atom stereocenters. The summed E-state index contributed by atoms with van der Waals surface area (Å²) in [6.45, 7) is 2.05. The minimum Gasteiger partial charge on any atom is -0.273 e. The third kappa shape index (κ3) is 3.33. The predicted octanol–water partition coefficient (Wildman–Crippen LogP) is 4.39. The number of fused-ring (bicyclic) bond motifs is 1. The lowest BCUT2D eigenvalue weighted by Gasteiger charge is -2.26. The zero-order valence-electron chi connectivity index (χ0n) is 17.1. The Bertz CT molecular complexity index is 1140. The molecule has 0 aromatic heterocycles. The molecule has 2 heterocycles. The van der Waals surface area contributed by atoms with Crippen molar-refractivity contribution >= 4 is 29.3 Å². The van der Waals surface area contributed by atoms with Crippen LogP contribution < -0.4 is 9.96 Å². The van der Waals surface area contributed by atoms with Crippen LogP contribution in [0.2, 0.25) is 0 Å². The molecule has 2 aliphatic heterocycles. The van der Waals surface area contributed by atoms with E-state index in [1.165, 1.54) is 4.90 Å². The summed E-state index contributed by atoms with van der Waals surface area (Å²) in [6.07, 6.45) is 3.13. The number of carbonyl (C=O) groups is 2. The van der Waals surface area contributed by atoms with Crippen molar-refractivity contribution in [2.75, 3.05) is 9.96 Å². The topological polar surface area (TPSA) is 49.9 Å². The van der Waals surface area contributed by atoms with Crippen molar-refractivity contribution in [3.05, 3.63) is 102 Å². The number of nitrogens with zero attached hydrogens (tertiary/aromatic N) is 2. The second-order valence-corrected chi connectivity index (χ2v) is 7.77. The SMILES string of the molecule is Cc1ccccc1/C=C/C1C2C(=O)N(c3ccccc3)C(=O)C2ON1c1ccccc1. The maximum Gasteiger partial charge on any atom is 0.266 e. The maximum absolute atomic E-state index is 13.4. The van der Waals surface area contributed by atoms with Crippen LogP contribution in [0.15, 0.2) is 91.0 Å². The van der Waals surface area contributed by atoms with Gasteiger partial charge in [-0.3, -0.25) is 14.4 Å². The van der Waals surface area contributed by atoms with Crippen LogP contribution in [0.4, 0.5) is 11.4 Å². The summed E-state index contributed by atoms with van der Waals surface area (Å²) in [5.41, 5.74) is 3.59. The quantitative estimate of drug-likeness (QED) is 0.599. The van der Waals surface area contributed by atoms with Gasteiger partial charge in [0.25, 0.3) is 5.91 Å². The first-order valence-electron chi connectivity index (χ1n) is 10.3. The summed E-state index contributed by atoms with van der Waals surface area (Å²) < 4.78 is 0. The van der Waals surface area contributed by atoms with Gasteiger partial charge < -0.3 is 0 Å². The van der Waals surface area contributed by atoms with E-state index in [9.17, 15) is 9.59 Å². The molecule has 3 unspecified atom stereocenters. The minimum absolute atomic E-state index is 0.237. The molecule has 3 aromatic carbocycles. The Morgan fingerprint density at radius 3 is 2.06 bits per heavy atom. The summed E-state index contributed by atoms with van der Waals surface area (Å²) in [6, 6.07) is 26.3. The standard InChI is InChI=1S/C26H22N2O3/c1-18-10-8-9-11-19(18)16-17-22-23-24(31-28(22)21-14-6-3-7-15-21)26(30)27(25(23)29)20-12-4-2-5-13-20/h2-17,22-24H,1H3/b17-16+. The molecule has 2 aliphatic rings. The monoisotopic (exact) mass is 410 g/mol. The van der Waals surface area contributed by atoms with Crippen molar-refractivity contribution in [3.63, 3.8) is 0 Å². The molecule has 5 nitrogen and oxygen atoms in total. The molecule has 0 spiro atoms. The molecule has 0 N–H and O–H groups in total. The first-order valence-corrected chi connectivity index (χ1v) is 10.3. The Morgan fingerprint density at radius 2 is 1.39 bits per heavy atom. The number of aryl methyl sites for hydroxylation is 1. The zero-order valence-corrected chi connectivity index (χ0v) is 17.1. The Hall–Kier alpha value is -3.70. The molecule has 0 aliphatic carbocycles. The van der Waals surface area contributed by atoms with E-state index in [1.807, 2.05) is 91.9 Å². The van der Waals surface area contributed by atoms with Gasteiger partial charge in [0.1, 0.15) is 5.92 Å². The summed E-state index contributed by atoms with van der Waals surface area (Å²) in [7, 11) is 0. The molecule has 0 saturated carbocycles. The Balaban J connectivity index is 1.54. The van der Waals surface area contributed by atoms with E-state index in [4.69, 9.17) is 4.84 Å². The molecule has 0 bridgehead atoms. The number of rotatable bonds is 4. The molecular weight excluding hydrogens is 388 g/mol. The van der Waals surface area contributed by atoms with Gasteiger partial charge in [-0.15, -0.1) is 0 Å². The summed E-state index contributed by atoms with van der Waals surface area (Å²) in [5.74, 6) is -1.18. The first-order chi connectivity index (χ1) is 15.1. The van der Waals surface area contributed by atoms with Crippen molar-refractivity contribution in [1.29, 1.82) is 0 Å². The van der Waals surface area contributed by atoms with Gasteiger partial charge in [-0.05, 0) is 42.3 Å². The largest absolute Gasteiger partial charge is 0.273 e. The second kappa shape index (κ2) is 7.85. The number of anilines is 2. The van der Waals surface area contributed by atoms with Crippen LogP contribution >= 0.6 is 0 Å². The Morgan fingerprint density at radius 1 is 0.774 bits per heavy atom. The van der Waals surface area contributed by atoms with Crippen LogP contribution in [0.1, 0.15) is 11.1 Å². The average Bonchev–Trinajstić information content (AvgIpc) is 3.30. The highest BCUT2D eigenvalue weighted by Crippen LogP contribution is 2.41. The van der Waals surface area contributed by atoms with Crippen molar-refractivity contribution in [2.24, 2.45) is 5.92 Å². The van der Waals surface area contributed by atoms with Crippen molar-refractivity contribution < 1.29 is 14.4 Å². The van der Waals surface area contributed by atoms with E-state index < -0.39 is 18.1 Å². The van der Waals surface area contributed by atoms with Gasteiger partial charge in [0.05, 0.1) is 17.4 Å². The van der Waals surface area contributed by atoms with Gasteiger partial charge in [0.2, 0.25) is 5.91 Å². The molecule has 3 aromatic rings. The lowest BCUT2D eigenvalue weighted by atomic mass is 9.95. The van der Waals surface area contributed by atoms with Crippen molar-refractivity contribution in [1.82, 2.24) is 0 Å². The van der Waals surface area contributed by atoms with Crippen LogP contribution in [-0.4, -0.2) is 24.0 Å². The number of hydroxylamine groups is 1. The highest BCUT2D eigenvalue weighted by atomic mass is 16.7. The van der Waals surface area contributed by atoms with Gasteiger partial charge >= 0.3 is 0 Å². The van der Waals surface area contributed by atoms with E-state index in [2.05, 4.69) is 0 Å². The molecule has 154 valence electrons. The third-order valence-electron chi connectivity index (χ3n) is 5.85. The molecule has 31 heavy (non-hydrogen) atoms. The zero-order chi connectivity index (χ0) is 21.4. The maximum atomic E-state index is 13.4. The van der Waals surface area contributed by atoms with Gasteiger partial charge in [-0.25, -0.2) is 9.96 Å². The summed E-state index contributed by atoms with van der Waals surface area (Å²) in [4.78, 5) is 34.0. The number of hydrogen-bond donors (Lipinski definition) is 0. The molecule has 0 radical (unpaired) electrons. The van der Waals surface area contributed by atoms with Gasteiger partial charge in [0.15, 0.2) is 6.10 Å². The summed E-state index contributed by atoms with van der Waals surface area (Å²) in [5, 5.41) is 1.70. The third-order valence-corrected chi connectivity index (χ3v) is 5.85. The van der Waals surface area contributed by atoms with Crippen LogP contribution in [0.25, 0.3) is 6.08 Å². The molecule has 2 fully saturated rings. The van der Waals surface area contributed by atoms with E-state index >= 15 is 0 Å². The number of carbonyl (C=O) groups excluding carboxylic acids is 2. The predicted molar refractivity (Wildman–Crippen MR) is 120 cm³/mol. The smallest absolute Gasteiger partial charge is 0.266 e. The molecular formula is C26H22N2O3. The van der Waals surface area contributed by atoms with Crippen LogP contribution in [0.5, 0.6) is 0 Å². The second-order valence-electron chi connectivity index (χ2n) is 7.77. The highest BCUT2D eigenvalue weighted by molar-refractivity contribution is 6.24. The Kier molecular flexibility index (Phi) is 4.88. The fraction of sp³-hybridized carbons (Fsp3) is 0.154. The fourth-order valence-corrected chi connectivity index (χ4v) is 4.26. The first kappa shape index (κ1) is 19.3. The van der Waals surface area contributed by atoms with Gasteiger partial charge in [0, 0.05) is 0 Å². The normalized spacial score (nSPS) is 23.1. The highest BCUT2D eigenvalue weighted by Gasteiger charge is 2.59. The number of para-hydroxylation sites is 2. The van der Waals surface area contributed by atoms with Crippen molar-refractivity contribution in [3.8, 4) is 0 Å². The van der Waals surface area contributed by atoms with E-state index in [1.54, 1.807) is 17.2 Å². The van der Waals surface area contributed by atoms with Crippen LogP contribution in [0, 0.1) is 12.8 Å². The molecule has 5 heteroatoms. The number of imide groups is 1. The lowest BCUT2D eigenvalue weighted by Crippen LogP contribution is -2.39. The fourth-order valence-electron chi connectivity index (χ4n) is 4.26. The van der Waals surface area contributed by atoms with Gasteiger partial charge in [-0.1, -0.05) is 72.8 Å². The van der Waals surface area contributed by atoms with Crippen LogP contribution in [-0.2, 0) is 14.4 Å². The number of benzene rings is 3. The molecule has 5 rings (SSSR count). The van der Waals surface area contributed by atoms with Crippen LogP contribution in [0.3, 0.4) is 0 Å². The number of amides is 2. The van der Waals surface area contributed by atoms with E-state index in [0.29, 0.717) is 5.69 Å². The minimum atomic E-state index is -0.848. The van der Waals surface area contributed by atoms with Crippen molar-refractivity contribution in [2.45, 2.75) is 19.1 Å². The molecule has 2 amide bonds. The Labute approximate surface area is 181 Å². The number of hydrogen-bond acceptors (Lipinski definition) is 4. The lowest BCUT2D eigenvalue weighted by molar-refractivity contribution is -0.126.